The zero-order valence-electron chi connectivity index (χ0n) is 9.17. The minimum absolute atomic E-state index is 1.05. The molecule has 0 spiro atoms. The Morgan fingerprint density at radius 1 is 0.923 bits per heavy atom. The van der Waals surface area contributed by atoms with Crippen LogP contribution in [0.25, 0.3) is 0 Å². The molecule has 0 heteroatoms. The summed E-state index contributed by atoms with van der Waals surface area (Å²) >= 11 is 0. The molecule has 0 N–H and O–H groups in total. The standard InChI is InChI=1S/C11H14.C2H6/c1-3-10-8-6-5-7-9-11(10)4-2;1-2/h3-4,6-9H,5H2,1-2H3;1-2H3/b10-3-,11-4-;. The van der Waals surface area contributed by atoms with E-state index in [1.165, 1.54) is 11.1 Å². The highest BCUT2D eigenvalue weighted by atomic mass is 14.0. The van der Waals surface area contributed by atoms with E-state index in [0.29, 0.717) is 0 Å². The molecule has 0 saturated heterocycles. The molecular formula is C13H20. The van der Waals surface area contributed by atoms with Gasteiger partial charge in [0, 0.05) is 0 Å². The molecule has 0 atom stereocenters. The predicted octanol–water partition coefficient (Wildman–Crippen LogP) is 4.42. The summed E-state index contributed by atoms with van der Waals surface area (Å²) in [6.07, 6.45) is 14.0. The van der Waals surface area contributed by atoms with Gasteiger partial charge in [0.15, 0.2) is 0 Å². The van der Waals surface area contributed by atoms with Gasteiger partial charge in [-0.25, -0.2) is 0 Å². The van der Waals surface area contributed by atoms with Gasteiger partial charge >= 0.3 is 0 Å². The highest BCUT2D eigenvalue weighted by molar-refractivity contribution is 5.47. The average Bonchev–Trinajstić information content (AvgIpc) is 2.44. The van der Waals surface area contributed by atoms with Crippen LogP contribution in [-0.4, -0.2) is 0 Å². The Morgan fingerprint density at radius 3 is 1.62 bits per heavy atom. The first-order valence-electron chi connectivity index (χ1n) is 5.04. The highest BCUT2D eigenvalue weighted by Gasteiger charge is 1.96. The second kappa shape index (κ2) is 7.60. The molecule has 0 fully saturated rings. The number of allylic oxidation sites excluding steroid dienone is 8. The largest absolute Gasteiger partial charge is 0.0801 e. The zero-order valence-corrected chi connectivity index (χ0v) is 9.17. The lowest BCUT2D eigenvalue weighted by Crippen LogP contribution is -1.79. The Balaban J connectivity index is 0.000000671. The minimum Gasteiger partial charge on any atom is -0.0801 e. The van der Waals surface area contributed by atoms with Gasteiger partial charge in [0.25, 0.3) is 0 Å². The molecule has 0 aromatic heterocycles. The lowest BCUT2D eigenvalue weighted by Gasteiger charge is -1.98. The van der Waals surface area contributed by atoms with Crippen molar-refractivity contribution in [3.05, 3.63) is 47.6 Å². The fraction of sp³-hybridized carbons (Fsp3) is 0.385. The Hall–Kier alpha value is -1.04. The summed E-state index contributed by atoms with van der Waals surface area (Å²) in [6.45, 7) is 8.14. The van der Waals surface area contributed by atoms with E-state index >= 15 is 0 Å². The first kappa shape index (κ1) is 12.0. The number of hydrogen-bond acceptors (Lipinski definition) is 0. The maximum absolute atomic E-state index is 2.18. The molecule has 1 aliphatic rings. The van der Waals surface area contributed by atoms with Crippen molar-refractivity contribution in [1.82, 2.24) is 0 Å². The Morgan fingerprint density at radius 2 is 1.31 bits per heavy atom. The third kappa shape index (κ3) is 3.93. The molecule has 0 aromatic rings. The predicted molar refractivity (Wildman–Crippen MR) is 61.8 cm³/mol. The first-order valence-corrected chi connectivity index (χ1v) is 5.04. The van der Waals surface area contributed by atoms with Gasteiger partial charge in [0.1, 0.15) is 0 Å². The minimum atomic E-state index is 1.05. The molecule has 1 rings (SSSR count). The summed E-state index contributed by atoms with van der Waals surface area (Å²) in [6, 6.07) is 0. The van der Waals surface area contributed by atoms with Gasteiger partial charge < -0.3 is 0 Å². The van der Waals surface area contributed by atoms with E-state index in [0.717, 1.165) is 6.42 Å². The van der Waals surface area contributed by atoms with Crippen molar-refractivity contribution in [2.75, 3.05) is 0 Å². The fourth-order valence-corrected chi connectivity index (χ4v) is 1.19. The van der Waals surface area contributed by atoms with Crippen LogP contribution in [0.5, 0.6) is 0 Å². The van der Waals surface area contributed by atoms with Crippen molar-refractivity contribution >= 4 is 0 Å². The van der Waals surface area contributed by atoms with E-state index < -0.39 is 0 Å². The monoisotopic (exact) mass is 176 g/mol. The second-order valence-corrected chi connectivity index (χ2v) is 2.53. The quantitative estimate of drug-likeness (QED) is 0.512. The number of hydrogen-bond donors (Lipinski definition) is 0. The van der Waals surface area contributed by atoms with Crippen molar-refractivity contribution in [2.45, 2.75) is 34.1 Å². The third-order valence-corrected chi connectivity index (χ3v) is 1.82. The summed E-state index contributed by atoms with van der Waals surface area (Å²) in [4.78, 5) is 0. The molecule has 0 aromatic carbocycles. The van der Waals surface area contributed by atoms with Crippen LogP contribution < -0.4 is 0 Å². The summed E-state index contributed by atoms with van der Waals surface area (Å²) in [7, 11) is 0. The van der Waals surface area contributed by atoms with Crippen LogP contribution in [0.2, 0.25) is 0 Å². The van der Waals surface area contributed by atoms with Gasteiger partial charge in [-0.1, -0.05) is 50.3 Å². The molecule has 0 unspecified atom stereocenters. The van der Waals surface area contributed by atoms with Crippen LogP contribution in [0, 0.1) is 0 Å². The molecule has 0 aliphatic heterocycles. The lowest BCUT2D eigenvalue weighted by atomic mass is 10.1. The summed E-state index contributed by atoms with van der Waals surface area (Å²) in [5.74, 6) is 0. The molecule has 0 amide bonds. The normalized spacial score (nSPS) is 21.2. The maximum atomic E-state index is 2.18. The number of rotatable bonds is 0. The van der Waals surface area contributed by atoms with E-state index in [4.69, 9.17) is 0 Å². The van der Waals surface area contributed by atoms with Gasteiger partial charge in [0.2, 0.25) is 0 Å². The van der Waals surface area contributed by atoms with Crippen LogP contribution in [0.4, 0.5) is 0 Å². The third-order valence-electron chi connectivity index (χ3n) is 1.82. The molecule has 72 valence electrons. The Bertz CT molecular complexity index is 211. The van der Waals surface area contributed by atoms with Crippen molar-refractivity contribution in [3.8, 4) is 0 Å². The summed E-state index contributed by atoms with van der Waals surface area (Å²) in [5, 5.41) is 0. The van der Waals surface area contributed by atoms with Crippen LogP contribution in [0.1, 0.15) is 34.1 Å². The van der Waals surface area contributed by atoms with Crippen LogP contribution in [0.3, 0.4) is 0 Å². The van der Waals surface area contributed by atoms with Crippen LogP contribution >= 0.6 is 0 Å². The smallest absolute Gasteiger partial charge is 0.0162 e. The first-order chi connectivity index (χ1) is 6.38. The zero-order chi connectivity index (χ0) is 10.1. The van der Waals surface area contributed by atoms with E-state index in [9.17, 15) is 0 Å². The van der Waals surface area contributed by atoms with Gasteiger partial charge in [-0.05, 0) is 31.4 Å². The van der Waals surface area contributed by atoms with Gasteiger partial charge in [-0.2, -0.15) is 0 Å². The SMILES string of the molecule is C/C=C1/C=CCC=C/C1=C/C.CC. The molecule has 0 bridgehead atoms. The van der Waals surface area contributed by atoms with E-state index in [1.807, 2.05) is 13.8 Å². The van der Waals surface area contributed by atoms with E-state index in [2.05, 4.69) is 50.3 Å². The van der Waals surface area contributed by atoms with Crippen molar-refractivity contribution < 1.29 is 0 Å². The molecule has 0 heterocycles. The van der Waals surface area contributed by atoms with Gasteiger partial charge in [-0.3, -0.25) is 0 Å². The summed E-state index contributed by atoms with van der Waals surface area (Å²) in [5.41, 5.74) is 2.64. The molecule has 0 radical (unpaired) electrons. The highest BCUT2D eigenvalue weighted by Crippen LogP contribution is 2.16. The van der Waals surface area contributed by atoms with Crippen LogP contribution in [-0.2, 0) is 0 Å². The molecule has 0 saturated carbocycles. The van der Waals surface area contributed by atoms with Crippen molar-refractivity contribution in [3.63, 3.8) is 0 Å². The fourth-order valence-electron chi connectivity index (χ4n) is 1.19. The van der Waals surface area contributed by atoms with Crippen molar-refractivity contribution in [1.29, 1.82) is 0 Å². The van der Waals surface area contributed by atoms with Crippen molar-refractivity contribution in [2.24, 2.45) is 0 Å². The topological polar surface area (TPSA) is 0 Å². The molecule has 13 heavy (non-hydrogen) atoms. The van der Waals surface area contributed by atoms with E-state index in [1.54, 1.807) is 0 Å². The average molecular weight is 176 g/mol. The summed E-state index contributed by atoms with van der Waals surface area (Å²) < 4.78 is 0. The Labute approximate surface area is 82.4 Å². The van der Waals surface area contributed by atoms with Crippen LogP contribution in [0.15, 0.2) is 47.6 Å². The molecular weight excluding hydrogens is 156 g/mol. The lowest BCUT2D eigenvalue weighted by molar-refractivity contribution is 1.41. The maximum Gasteiger partial charge on any atom is -0.0162 e. The van der Waals surface area contributed by atoms with Gasteiger partial charge in [0.05, 0.1) is 0 Å². The molecule has 0 nitrogen and oxygen atoms in total. The van der Waals surface area contributed by atoms with Gasteiger partial charge in [-0.15, -0.1) is 0 Å². The second-order valence-electron chi connectivity index (χ2n) is 2.53. The Kier molecular flexibility index (Phi) is 6.99. The van der Waals surface area contributed by atoms with E-state index in [-0.39, 0.29) is 0 Å². The molecule has 1 aliphatic carbocycles.